The fourth-order valence-corrected chi connectivity index (χ4v) is 3.60. The molecule has 6 heteroatoms. The summed E-state index contributed by atoms with van der Waals surface area (Å²) in [5, 5.41) is 16.5. The van der Waals surface area contributed by atoms with Gasteiger partial charge in [0, 0.05) is 24.2 Å². The van der Waals surface area contributed by atoms with Crippen molar-refractivity contribution in [1.82, 2.24) is 9.88 Å². The average Bonchev–Trinajstić information content (AvgIpc) is 3.07. The fourth-order valence-electron chi connectivity index (χ4n) is 3.60. The molecular weight excluding hydrogens is 376 g/mol. The minimum Gasteiger partial charge on any atom is -0.497 e. The van der Waals surface area contributed by atoms with Gasteiger partial charge in [-0.2, -0.15) is 5.26 Å². The molecule has 0 atom stereocenters. The van der Waals surface area contributed by atoms with Crippen molar-refractivity contribution in [2.45, 2.75) is 39.7 Å². The Morgan fingerprint density at radius 3 is 2.53 bits per heavy atom. The molecule has 1 heterocycles. The first-order valence-corrected chi connectivity index (χ1v) is 10.4. The number of rotatable bonds is 8. The standard InChI is InChI=1S/C24H28N4O2/c1-4-6-13-26-24(29)27-18-9-7-17(8-10-18)23-21(16-25)20-15-19(30-3)11-12-22(20)28(23)14-5-2/h7-12,15H,4-6,13-14H2,1-3H3,(H2,26,27,29). The van der Waals surface area contributed by atoms with Gasteiger partial charge in [-0.05, 0) is 48.7 Å². The molecule has 0 saturated carbocycles. The van der Waals surface area contributed by atoms with E-state index in [1.807, 2.05) is 42.5 Å². The van der Waals surface area contributed by atoms with Crippen LogP contribution < -0.4 is 15.4 Å². The zero-order valence-electron chi connectivity index (χ0n) is 17.8. The van der Waals surface area contributed by atoms with Crippen LogP contribution in [-0.2, 0) is 6.54 Å². The third-order valence-electron chi connectivity index (χ3n) is 5.06. The molecule has 3 aromatic rings. The number of hydrogen-bond acceptors (Lipinski definition) is 3. The van der Waals surface area contributed by atoms with Crippen LogP contribution in [-0.4, -0.2) is 24.3 Å². The Morgan fingerprint density at radius 1 is 1.13 bits per heavy atom. The highest BCUT2D eigenvalue weighted by atomic mass is 16.5. The number of ether oxygens (including phenoxy) is 1. The van der Waals surface area contributed by atoms with E-state index < -0.39 is 0 Å². The number of aromatic nitrogens is 1. The molecule has 0 bridgehead atoms. The lowest BCUT2D eigenvalue weighted by molar-refractivity contribution is 0.252. The summed E-state index contributed by atoms with van der Waals surface area (Å²) in [7, 11) is 1.63. The number of fused-ring (bicyclic) bond motifs is 1. The lowest BCUT2D eigenvalue weighted by Crippen LogP contribution is -2.29. The molecule has 0 radical (unpaired) electrons. The molecule has 0 fully saturated rings. The predicted molar refractivity (Wildman–Crippen MR) is 121 cm³/mol. The number of benzene rings is 2. The number of carbonyl (C=O) groups is 1. The molecule has 6 nitrogen and oxygen atoms in total. The molecule has 2 N–H and O–H groups in total. The molecule has 3 rings (SSSR count). The largest absolute Gasteiger partial charge is 0.497 e. The van der Waals surface area contributed by atoms with Crippen LogP contribution in [0.1, 0.15) is 38.7 Å². The lowest BCUT2D eigenvalue weighted by Gasteiger charge is -2.12. The molecule has 2 aromatic carbocycles. The maximum Gasteiger partial charge on any atom is 0.319 e. The van der Waals surface area contributed by atoms with Crippen LogP contribution in [0.15, 0.2) is 42.5 Å². The van der Waals surface area contributed by atoms with Crippen LogP contribution in [0.2, 0.25) is 0 Å². The summed E-state index contributed by atoms with van der Waals surface area (Å²) in [4.78, 5) is 12.0. The van der Waals surface area contributed by atoms with Crippen LogP contribution in [0.4, 0.5) is 10.5 Å². The van der Waals surface area contributed by atoms with Gasteiger partial charge in [0.2, 0.25) is 0 Å². The van der Waals surface area contributed by atoms with Crippen LogP contribution in [0.5, 0.6) is 5.75 Å². The van der Waals surface area contributed by atoms with Crippen LogP contribution in [0.25, 0.3) is 22.2 Å². The molecule has 0 saturated heterocycles. The normalized spacial score (nSPS) is 10.6. The Kier molecular flexibility index (Phi) is 6.97. The van der Waals surface area contributed by atoms with Crippen molar-refractivity contribution >= 4 is 22.6 Å². The van der Waals surface area contributed by atoms with Crippen molar-refractivity contribution in [3.05, 3.63) is 48.0 Å². The molecule has 2 amide bonds. The van der Waals surface area contributed by atoms with E-state index in [1.54, 1.807) is 7.11 Å². The lowest BCUT2D eigenvalue weighted by atomic mass is 10.1. The topological polar surface area (TPSA) is 79.1 Å². The molecule has 30 heavy (non-hydrogen) atoms. The summed E-state index contributed by atoms with van der Waals surface area (Å²) in [5.74, 6) is 0.729. The van der Waals surface area contributed by atoms with E-state index in [2.05, 4.69) is 35.1 Å². The Morgan fingerprint density at radius 2 is 1.90 bits per heavy atom. The molecule has 0 aliphatic heterocycles. The van der Waals surface area contributed by atoms with Crippen molar-refractivity contribution in [3.8, 4) is 23.1 Å². The SMILES string of the molecule is CCCCNC(=O)Nc1ccc(-c2c(C#N)c3cc(OC)ccc3n2CCC)cc1. The maximum absolute atomic E-state index is 12.0. The predicted octanol–water partition coefficient (Wildman–Crippen LogP) is 5.52. The van der Waals surface area contributed by atoms with Crippen molar-refractivity contribution in [2.75, 3.05) is 19.0 Å². The number of urea groups is 1. The number of aryl methyl sites for hydroxylation is 1. The maximum atomic E-state index is 12.0. The second kappa shape index (κ2) is 9.84. The van der Waals surface area contributed by atoms with Crippen molar-refractivity contribution in [1.29, 1.82) is 5.26 Å². The summed E-state index contributed by atoms with van der Waals surface area (Å²) in [6, 6.07) is 15.6. The summed E-state index contributed by atoms with van der Waals surface area (Å²) >= 11 is 0. The van der Waals surface area contributed by atoms with Gasteiger partial charge in [-0.1, -0.05) is 32.4 Å². The number of hydrogen-bond donors (Lipinski definition) is 2. The number of nitriles is 1. The number of nitrogens with one attached hydrogen (secondary N) is 2. The smallest absolute Gasteiger partial charge is 0.319 e. The molecule has 0 spiro atoms. The van der Waals surface area contributed by atoms with Gasteiger partial charge >= 0.3 is 6.03 Å². The number of nitrogens with zero attached hydrogens (tertiary/aromatic N) is 2. The van der Waals surface area contributed by atoms with Crippen LogP contribution in [0.3, 0.4) is 0 Å². The van der Waals surface area contributed by atoms with Gasteiger partial charge in [0.1, 0.15) is 11.8 Å². The molecule has 1 aromatic heterocycles. The molecule has 0 unspecified atom stereocenters. The van der Waals surface area contributed by atoms with E-state index in [-0.39, 0.29) is 6.03 Å². The van der Waals surface area contributed by atoms with E-state index in [1.165, 1.54) is 0 Å². The van der Waals surface area contributed by atoms with Gasteiger partial charge in [0.05, 0.1) is 23.9 Å². The molecule has 0 aliphatic rings. The van der Waals surface area contributed by atoms with E-state index in [0.717, 1.165) is 53.7 Å². The van der Waals surface area contributed by atoms with Gasteiger partial charge in [-0.25, -0.2) is 4.79 Å². The van der Waals surface area contributed by atoms with Crippen molar-refractivity contribution < 1.29 is 9.53 Å². The summed E-state index contributed by atoms with van der Waals surface area (Å²) < 4.78 is 7.55. The monoisotopic (exact) mass is 404 g/mol. The molecular formula is C24H28N4O2. The Balaban J connectivity index is 1.96. The number of methoxy groups -OCH3 is 1. The second-order valence-electron chi connectivity index (χ2n) is 7.18. The van der Waals surface area contributed by atoms with Gasteiger partial charge in [-0.3, -0.25) is 0 Å². The van der Waals surface area contributed by atoms with Crippen molar-refractivity contribution in [2.24, 2.45) is 0 Å². The first-order chi connectivity index (χ1) is 14.6. The van der Waals surface area contributed by atoms with E-state index in [9.17, 15) is 10.1 Å². The Hall–Kier alpha value is -3.46. The third-order valence-corrected chi connectivity index (χ3v) is 5.06. The number of anilines is 1. The highest BCUT2D eigenvalue weighted by molar-refractivity contribution is 5.96. The summed E-state index contributed by atoms with van der Waals surface area (Å²) in [6.07, 6.45) is 2.94. The third kappa shape index (κ3) is 4.41. The quantitative estimate of drug-likeness (QED) is 0.485. The molecule has 0 aliphatic carbocycles. The highest BCUT2D eigenvalue weighted by Crippen LogP contribution is 2.36. The first kappa shape index (κ1) is 21.3. The van der Waals surface area contributed by atoms with E-state index in [0.29, 0.717) is 17.8 Å². The first-order valence-electron chi connectivity index (χ1n) is 10.4. The second-order valence-corrected chi connectivity index (χ2v) is 7.18. The van der Waals surface area contributed by atoms with Crippen LogP contribution >= 0.6 is 0 Å². The minimum atomic E-state index is -0.207. The average molecular weight is 405 g/mol. The van der Waals surface area contributed by atoms with Gasteiger partial charge < -0.3 is 19.9 Å². The van der Waals surface area contributed by atoms with Crippen LogP contribution in [0, 0.1) is 11.3 Å². The van der Waals surface area contributed by atoms with Gasteiger partial charge in [-0.15, -0.1) is 0 Å². The number of carbonyl (C=O) groups excluding carboxylic acids is 1. The number of unbranched alkanes of at least 4 members (excludes halogenated alkanes) is 1. The van der Waals surface area contributed by atoms with Gasteiger partial charge in [0.15, 0.2) is 0 Å². The highest BCUT2D eigenvalue weighted by Gasteiger charge is 2.19. The zero-order chi connectivity index (χ0) is 21.5. The summed E-state index contributed by atoms with van der Waals surface area (Å²) in [5.41, 5.74) is 4.19. The Labute approximate surface area is 177 Å². The van der Waals surface area contributed by atoms with E-state index in [4.69, 9.17) is 4.74 Å². The van der Waals surface area contributed by atoms with Crippen molar-refractivity contribution in [3.63, 3.8) is 0 Å². The minimum absolute atomic E-state index is 0.207. The zero-order valence-corrected chi connectivity index (χ0v) is 17.8. The number of amides is 2. The Bertz CT molecular complexity index is 1060. The fraction of sp³-hybridized carbons (Fsp3) is 0.333. The molecule has 156 valence electrons. The summed E-state index contributed by atoms with van der Waals surface area (Å²) in [6.45, 7) is 5.67. The van der Waals surface area contributed by atoms with Gasteiger partial charge in [0.25, 0.3) is 0 Å². The van der Waals surface area contributed by atoms with E-state index >= 15 is 0 Å².